The normalized spacial score (nSPS) is 17.4. The number of piperidine rings is 1. The lowest BCUT2D eigenvalue weighted by Crippen LogP contribution is -2.34. The molecule has 0 aromatic carbocycles. The molecule has 0 bridgehead atoms. The van der Waals surface area contributed by atoms with Crippen LogP contribution in [-0.4, -0.2) is 29.6 Å². The van der Waals surface area contributed by atoms with E-state index in [1.807, 2.05) is 0 Å². The highest BCUT2D eigenvalue weighted by molar-refractivity contribution is 5.39. The summed E-state index contributed by atoms with van der Waals surface area (Å²) in [6.07, 6.45) is 6.29. The summed E-state index contributed by atoms with van der Waals surface area (Å²) < 4.78 is 0. The molecule has 1 fully saturated rings. The maximum absolute atomic E-state index is 5.61. The van der Waals surface area contributed by atoms with E-state index < -0.39 is 0 Å². The maximum atomic E-state index is 5.61. The van der Waals surface area contributed by atoms with Crippen molar-refractivity contribution in [2.75, 3.05) is 24.5 Å². The van der Waals surface area contributed by atoms with Crippen LogP contribution in [0.4, 0.5) is 5.82 Å². The fourth-order valence-electron chi connectivity index (χ4n) is 2.44. The molecule has 1 aliphatic heterocycles. The highest BCUT2D eigenvalue weighted by Crippen LogP contribution is 2.23. The van der Waals surface area contributed by atoms with Gasteiger partial charge in [-0.3, -0.25) is 0 Å². The lowest BCUT2D eigenvalue weighted by Gasteiger charge is -2.32. The highest BCUT2D eigenvalue weighted by atomic mass is 15.2. The second-order valence-electron chi connectivity index (χ2n) is 4.73. The Kier molecular flexibility index (Phi) is 4.31. The first-order valence-electron chi connectivity index (χ1n) is 6.59. The molecule has 4 heteroatoms. The molecule has 0 aliphatic carbocycles. The quantitative estimate of drug-likeness (QED) is 0.860. The zero-order chi connectivity index (χ0) is 12.1. The van der Waals surface area contributed by atoms with Gasteiger partial charge in [-0.2, -0.15) is 0 Å². The van der Waals surface area contributed by atoms with Crippen molar-refractivity contribution in [3.8, 4) is 0 Å². The molecule has 0 amide bonds. The monoisotopic (exact) mass is 234 g/mol. The Morgan fingerprint density at radius 1 is 1.35 bits per heavy atom. The summed E-state index contributed by atoms with van der Waals surface area (Å²) in [6, 6.07) is 2.11. The summed E-state index contributed by atoms with van der Waals surface area (Å²) in [6.45, 7) is 5.15. The first-order valence-corrected chi connectivity index (χ1v) is 6.59. The number of rotatable bonds is 4. The maximum Gasteiger partial charge on any atom is 0.132 e. The molecular weight excluding hydrogens is 212 g/mol. The predicted molar refractivity (Wildman–Crippen MR) is 70.0 cm³/mol. The predicted octanol–water partition coefficient (Wildman–Crippen LogP) is 1.60. The van der Waals surface area contributed by atoms with Crippen molar-refractivity contribution in [3.05, 3.63) is 18.1 Å². The molecule has 2 N–H and O–H groups in total. The summed E-state index contributed by atoms with van der Waals surface area (Å²) in [4.78, 5) is 11.0. The Morgan fingerprint density at radius 2 is 2.12 bits per heavy atom. The largest absolute Gasteiger partial charge is 0.356 e. The van der Waals surface area contributed by atoms with E-state index in [2.05, 4.69) is 27.9 Å². The molecule has 0 saturated carbocycles. The van der Waals surface area contributed by atoms with Gasteiger partial charge in [0.2, 0.25) is 0 Å². The lowest BCUT2D eigenvalue weighted by molar-refractivity contribution is 0.385. The molecule has 2 heterocycles. The molecule has 1 aromatic heterocycles. The molecule has 1 aromatic rings. The van der Waals surface area contributed by atoms with Gasteiger partial charge in [0.15, 0.2) is 0 Å². The van der Waals surface area contributed by atoms with Crippen LogP contribution in [0.15, 0.2) is 12.4 Å². The van der Waals surface area contributed by atoms with Gasteiger partial charge in [-0.15, -0.1) is 0 Å². The number of nitrogens with zero attached hydrogens (tertiary/aromatic N) is 3. The number of aryl methyl sites for hydroxylation is 1. The van der Waals surface area contributed by atoms with Gasteiger partial charge in [0, 0.05) is 24.8 Å². The van der Waals surface area contributed by atoms with Crippen molar-refractivity contribution in [3.63, 3.8) is 0 Å². The van der Waals surface area contributed by atoms with Gasteiger partial charge in [-0.1, -0.05) is 6.92 Å². The van der Waals surface area contributed by atoms with Gasteiger partial charge >= 0.3 is 0 Å². The first kappa shape index (κ1) is 12.3. The van der Waals surface area contributed by atoms with Crippen LogP contribution in [0.5, 0.6) is 0 Å². The van der Waals surface area contributed by atoms with E-state index in [4.69, 9.17) is 5.73 Å². The zero-order valence-electron chi connectivity index (χ0n) is 10.6. The average molecular weight is 234 g/mol. The molecule has 1 aliphatic rings. The van der Waals surface area contributed by atoms with Crippen LogP contribution < -0.4 is 10.6 Å². The number of aromatic nitrogens is 2. The third kappa shape index (κ3) is 3.16. The Labute approximate surface area is 103 Å². The lowest BCUT2D eigenvalue weighted by atomic mass is 9.94. The van der Waals surface area contributed by atoms with E-state index in [1.165, 1.54) is 12.8 Å². The summed E-state index contributed by atoms with van der Waals surface area (Å²) in [5.41, 5.74) is 6.73. The van der Waals surface area contributed by atoms with Crippen LogP contribution in [0.1, 0.15) is 31.9 Å². The van der Waals surface area contributed by atoms with Crippen molar-refractivity contribution < 1.29 is 0 Å². The highest BCUT2D eigenvalue weighted by Gasteiger charge is 2.19. The molecule has 17 heavy (non-hydrogen) atoms. The first-order chi connectivity index (χ1) is 8.33. The van der Waals surface area contributed by atoms with Crippen LogP contribution in [-0.2, 0) is 6.42 Å². The Morgan fingerprint density at radius 3 is 2.76 bits per heavy atom. The van der Waals surface area contributed by atoms with E-state index in [1.54, 1.807) is 6.33 Å². The number of anilines is 1. The van der Waals surface area contributed by atoms with Gasteiger partial charge in [-0.05, 0) is 38.1 Å². The molecular formula is C13H22N4. The average Bonchev–Trinajstić information content (AvgIpc) is 2.40. The summed E-state index contributed by atoms with van der Waals surface area (Å²) >= 11 is 0. The van der Waals surface area contributed by atoms with Crippen LogP contribution in [0.3, 0.4) is 0 Å². The van der Waals surface area contributed by atoms with Crippen LogP contribution >= 0.6 is 0 Å². The minimum Gasteiger partial charge on any atom is -0.356 e. The fraction of sp³-hybridized carbons (Fsp3) is 0.692. The van der Waals surface area contributed by atoms with Crippen LogP contribution in [0.25, 0.3) is 0 Å². The van der Waals surface area contributed by atoms with Crippen LogP contribution in [0.2, 0.25) is 0 Å². The topological polar surface area (TPSA) is 55.0 Å². The van der Waals surface area contributed by atoms with Crippen LogP contribution in [0, 0.1) is 5.92 Å². The molecule has 0 spiro atoms. The molecule has 2 rings (SSSR count). The molecule has 0 unspecified atom stereocenters. The Balaban J connectivity index is 1.95. The summed E-state index contributed by atoms with van der Waals surface area (Å²) in [5, 5.41) is 0. The van der Waals surface area contributed by atoms with E-state index >= 15 is 0 Å². The third-order valence-corrected chi connectivity index (χ3v) is 3.58. The van der Waals surface area contributed by atoms with E-state index in [9.17, 15) is 0 Å². The van der Waals surface area contributed by atoms with Gasteiger partial charge in [0.25, 0.3) is 0 Å². The van der Waals surface area contributed by atoms with Gasteiger partial charge < -0.3 is 10.6 Å². The minimum atomic E-state index is 0.809. The van der Waals surface area contributed by atoms with Gasteiger partial charge in [-0.25, -0.2) is 9.97 Å². The van der Waals surface area contributed by atoms with E-state index in [0.29, 0.717) is 0 Å². The van der Waals surface area contributed by atoms with Gasteiger partial charge in [0.1, 0.15) is 12.1 Å². The molecule has 0 atom stereocenters. The number of nitrogens with two attached hydrogens (primary N) is 1. The van der Waals surface area contributed by atoms with E-state index in [-0.39, 0.29) is 0 Å². The third-order valence-electron chi connectivity index (χ3n) is 3.58. The Bertz CT molecular complexity index is 345. The number of hydrogen-bond acceptors (Lipinski definition) is 4. The molecule has 0 radical (unpaired) electrons. The number of hydrogen-bond donors (Lipinski definition) is 1. The second kappa shape index (κ2) is 5.96. The Hall–Kier alpha value is -1.16. The molecule has 94 valence electrons. The molecule has 1 saturated heterocycles. The zero-order valence-corrected chi connectivity index (χ0v) is 10.6. The van der Waals surface area contributed by atoms with Crippen molar-refractivity contribution in [2.45, 2.75) is 32.6 Å². The summed E-state index contributed by atoms with van der Waals surface area (Å²) in [5.74, 6) is 1.90. The SMILES string of the molecule is CCc1cc(N2CCC(CCN)CC2)ncn1. The standard InChI is InChI=1S/C13H22N4/c1-2-12-9-13(16-10-15-12)17-7-4-11(3-6-14)5-8-17/h9-11H,2-8,14H2,1H3. The smallest absolute Gasteiger partial charge is 0.132 e. The summed E-state index contributed by atoms with van der Waals surface area (Å²) in [7, 11) is 0. The van der Waals surface area contributed by atoms with Crippen molar-refractivity contribution in [2.24, 2.45) is 11.7 Å². The fourth-order valence-corrected chi connectivity index (χ4v) is 2.44. The van der Waals surface area contributed by atoms with Crippen molar-refractivity contribution in [1.82, 2.24) is 9.97 Å². The van der Waals surface area contributed by atoms with Gasteiger partial charge in [0.05, 0.1) is 0 Å². The molecule has 4 nitrogen and oxygen atoms in total. The second-order valence-corrected chi connectivity index (χ2v) is 4.73. The van der Waals surface area contributed by atoms with E-state index in [0.717, 1.165) is 49.9 Å². The van der Waals surface area contributed by atoms with Crippen molar-refractivity contribution >= 4 is 5.82 Å². The minimum absolute atomic E-state index is 0.809. The van der Waals surface area contributed by atoms with Crippen molar-refractivity contribution in [1.29, 1.82) is 0 Å².